The van der Waals surface area contributed by atoms with E-state index in [2.05, 4.69) is 16.0 Å². The lowest BCUT2D eigenvalue weighted by molar-refractivity contribution is -0.160. The number of carbonyl (C=O) groups excluding carboxylic acids is 12. The van der Waals surface area contributed by atoms with Crippen LogP contribution in [0.1, 0.15) is 193 Å². The molecule has 8 rings (SSSR count). The van der Waals surface area contributed by atoms with Gasteiger partial charge in [-0.05, 0) is 132 Å². The molecule has 0 unspecified atom stereocenters. The standard InChI is InChI=1S/C73H110ClF3N12O12/c1-12-45(4)59-69(99)82(7)46(5)64(94)89-39-33-54(89)67(97)83(8)55(41-47-24-15-13-16-25-47)66(96)81(6)43-57(90)78-52(32-30-48-29-31-50(51(74)40-48)73(75,76)77)65(95)88-38-23-28-53(88)62(92)80-72(34-19-20-35-72)71(101)86(11)60(44(2)3)70(100)84(9)56(68(98)87-36-21-14-22-37-87)42-58(91)85(10)61(63(93)79-59)49-26-17-18-27-49/h29,31,40,44-47,49,52-56,59-61H,12-28,30,32-39,41-43H2,1-11H3,(H,78,90)(H,79,93)(H,80,92)/t45-,46-,52-,53-,54-,55-,56-,59-,60-,61-/m0/s1. The molecule has 3 aliphatic carbocycles. The maximum Gasteiger partial charge on any atom is 0.417 e. The monoisotopic (exact) mass is 1440 g/mol. The zero-order valence-corrected chi connectivity index (χ0v) is 61.9. The molecule has 7 aliphatic rings. The van der Waals surface area contributed by atoms with Crippen LogP contribution >= 0.6 is 11.6 Å². The van der Waals surface area contributed by atoms with Gasteiger partial charge in [0.25, 0.3) is 0 Å². The molecule has 101 heavy (non-hydrogen) atoms. The van der Waals surface area contributed by atoms with Crippen molar-refractivity contribution in [2.75, 3.05) is 75.0 Å². The molecule has 4 aliphatic heterocycles. The molecule has 3 saturated carbocycles. The molecule has 28 heteroatoms. The lowest BCUT2D eigenvalue weighted by atomic mass is 9.84. The minimum absolute atomic E-state index is 0.0255. The van der Waals surface area contributed by atoms with Crippen molar-refractivity contribution in [3.63, 3.8) is 0 Å². The SMILES string of the molecule is CC[C@H](C)[C@@H]1NC(=O)[C@H](C2CCCC2)N(C)C(=O)C[C@@H](C(=O)N2CCCCC2)N(C)C(=O)[C@H](C(C)C)N(C)C(=O)C2(CCCC2)NC(=O)[C@@H]2CCCN2C(=O)[C@H](CCc2ccc(C(F)(F)F)c(Cl)c2)NC(=O)CN(C)C(=O)[C@H](CC2CCCCC2)N(C)C(=O)[C@@H]2CCN2C(=O)[C@H](C)N(C)C1=O. The number of halogens is 4. The van der Waals surface area contributed by atoms with Crippen molar-refractivity contribution >= 4 is 82.5 Å². The lowest BCUT2D eigenvalue weighted by Crippen LogP contribution is -2.65. The van der Waals surface area contributed by atoms with Gasteiger partial charge in [-0.1, -0.05) is 110 Å². The van der Waals surface area contributed by atoms with E-state index in [1.165, 1.54) is 89.6 Å². The average Bonchev–Trinajstić information content (AvgIpc) is 1.77. The highest BCUT2D eigenvalue weighted by Crippen LogP contribution is 2.38. The van der Waals surface area contributed by atoms with Gasteiger partial charge < -0.3 is 60.0 Å². The number of amides is 12. The number of hydrogen-bond acceptors (Lipinski definition) is 12. The fraction of sp³-hybridized carbons (Fsp3) is 0.753. The van der Waals surface area contributed by atoms with E-state index in [9.17, 15) is 32.3 Å². The van der Waals surface area contributed by atoms with Crippen LogP contribution in [0.4, 0.5) is 13.2 Å². The molecule has 0 bridgehead atoms. The quantitative estimate of drug-likeness (QED) is 0.237. The summed E-state index contributed by atoms with van der Waals surface area (Å²) in [4.78, 5) is 193. The Labute approximate surface area is 598 Å². The number of fused-ring (bicyclic) bond motifs is 2. The molecule has 4 heterocycles. The highest BCUT2D eigenvalue weighted by molar-refractivity contribution is 6.31. The Balaban J connectivity index is 1.17. The molecule has 24 nitrogen and oxygen atoms in total. The van der Waals surface area contributed by atoms with Gasteiger partial charge in [-0.25, -0.2) is 0 Å². The van der Waals surface area contributed by atoms with Crippen LogP contribution in [0.25, 0.3) is 0 Å². The Morgan fingerprint density at radius 3 is 1.85 bits per heavy atom. The second-order valence-corrected chi connectivity index (χ2v) is 30.7. The molecule has 562 valence electrons. The highest BCUT2D eigenvalue weighted by Gasteiger charge is 2.52. The topological polar surface area (TPSA) is 270 Å². The van der Waals surface area contributed by atoms with Crippen LogP contribution in [0.2, 0.25) is 5.02 Å². The summed E-state index contributed by atoms with van der Waals surface area (Å²) >= 11 is 6.16. The Morgan fingerprint density at radius 2 is 1.26 bits per heavy atom. The van der Waals surface area contributed by atoms with Gasteiger partial charge in [-0.2, -0.15) is 13.2 Å². The smallest absolute Gasteiger partial charge is 0.343 e. The zero-order chi connectivity index (χ0) is 74.1. The number of nitrogens with one attached hydrogen (secondary N) is 3. The summed E-state index contributed by atoms with van der Waals surface area (Å²) in [5.41, 5.74) is -2.35. The summed E-state index contributed by atoms with van der Waals surface area (Å²) in [6, 6.07) is -7.70. The van der Waals surface area contributed by atoms with Gasteiger partial charge in [-0.15, -0.1) is 0 Å². The molecular weight excluding hydrogens is 1330 g/mol. The summed E-state index contributed by atoms with van der Waals surface area (Å²) < 4.78 is 41.6. The molecule has 12 amide bonds. The van der Waals surface area contributed by atoms with Crippen LogP contribution in [0.5, 0.6) is 0 Å². The lowest BCUT2D eigenvalue weighted by Gasteiger charge is -2.45. The van der Waals surface area contributed by atoms with Crippen molar-refractivity contribution in [1.29, 1.82) is 0 Å². The average molecular weight is 1440 g/mol. The number of carbonyl (C=O) groups is 12. The molecular formula is C73H110ClF3N12O12. The number of rotatable bonds is 10. The number of nitrogens with zero attached hydrogens (tertiary/aromatic N) is 9. The molecule has 0 radical (unpaired) electrons. The van der Waals surface area contributed by atoms with Crippen molar-refractivity contribution in [1.82, 2.24) is 60.0 Å². The van der Waals surface area contributed by atoms with E-state index >= 15 is 38.4 Å². The molecule has 10 atom stereocenters. The third-order valence-electron chi connectivity index (χ3n) is 23.2. The van der Waals surface area contributed by atoms with Crippen molar-refractivity contribution in [3.05, 3.63) is 34.3 Å². The Morgan fingerprint density at radius 1 is 0.634 bits per heavy atom. The van der Waals surface area contributed by atoms with Crippen molar-refractivity contribution in [2.45, 2.75) is 255 Å². The molecule has 3 N–H and O–H groups in total. The third-order valence-corrected chi connectivity index (χ3v) is 23.5. The van der Waals surface area contributed by atoms with Crippen molar-refractivity contribution < 1.29 is 70.7 Å². The second kappa shape index (κ2) is 34.5. The molecule has 1 aromatic rings. The summed E-state index contributed by atoms with van der Waals surface area (Å²) in [6.45, 7) is 9.00. The molecule has 0 aromatic heterocycles. The first-order valence-electron chi connectivity index (χ1n) is 37.0. The largest absolute Gasteiger partial charge is 0.417 e. The van der Waals surface area contributed by atoms with Crippen molar-refractivity contribution in [3.8, 4) is 0 Å². The van der Waals surface area contributed by atoms with Crippen LogP contribution in [0.15, 0.2) is 18.2 Å². The number of likely N-dealkylation sites (tertiary alicyclic amines) is 1. The van der Waals surface area contributed by atoms with Crippen LogP contribution in [-0.2, 0) is 70.1 Å². The van der Waals surface area contributed by atoms with Crippen LogP contribution < -0.4 is 16.0 Å². The van der Waals surface area contributed by atoms with E-state index < -0.39 is 172 Å². The molecule has 1 spiro atoms. The van der Waals surface area contributed by atoms with E-state index in [1.54, 1.807) is 25.7 Å². The minimum atomic E-state index is -4.76. The number of aryl methyl sites for hydroxylation is 1. The normalized spacial score (nSPS) is 28.6. The number of benzene rings is 1. The Bertz CT molecular complexity index is 3210. The maximum atomic E-state index is 15.5. The summed E-state index contributed by atoms with van der Waals surface area (Å²) in [6.07, 6.45) is 6.45. The predicted octanol–water partition coefficient (Wildman–Crippen LogP) is 6.17. The van der Waals surface area contributed by atoms with Gasteiger partial charge in [-0.3, -0.25) is 57.5 Å². The van der Waals surface area contributed by atoms with Gasteiger partial charge in [0, 0.05) is 68.5 Å². The van der Waals surface area contributed by atoms with Crippen LogP contribution in [-0.4, -0.2) is 250 Å². The van der Waals surface area contributed by atoms with Gasteiger partial charge in [0.15, 0.2) is 0 Å². The van der Waals surface area contributed by atoms with Crippen LogP contribution in [0.3, 0.4) is 0 Å². The first-order valence-corrected chi connectivity index (χ1v) is 37.4. The van der Waals surface area contributed by atoms with Gasteiger partial charge in [0.2, 0.25) is 70.9 Å². The number of alkyl halides is 3. The summed E-state index contributed by atoms with van der Waals surface area (Å²) in [5.74, 6) is -8.85. The van der Waals surface area contributed by atoms with E-state index in [0.29, 0.717) is 70.0 Å². The molecule has 7 fully saturated rings. The Hall–Kier alpha value is -7.06. The maximum absolute atomic E-state index is 15.5. The van der Waals surface area contributed by atoms with Crippen LogP contribution in [0, 0.1) is 23.7 Å². The summed E-state index contributed by atoms with van der Waals surface area (Å²) in [7, 11) is 8.71. The zero-order valence-electron chi connectivity index (χ0n) is 61.2. The predicted molar refractivity (Wildman–Crippen MR) is 371 cm³/mol. The van der Waals surface area contributed by atoms with E-state index in [1.807, 2.05) is 6.92 Å². The van der Waals surface area contributed by atoms with Gasteiger partial charge in [0.05, 0.1) is 23.6 Å². The first-order chi connectivity index (χ1) is 47.7. The van der Waals surface area contributed by atoms with E-state index in [4.69, 9.17) is 11.6 Å². The van der Waals surface area contributed by atoms with Gasteiger partial charge in [0.1, 0.15) is 59.9 Å². The van der Waals surface area contributed by atoms with E-state index in [-0.39, 0.29) is 69.9 Å². The molecule has 1 aromatic carbocycles. The number of hydrogen-bond donors (Lipinski definition) is 3. The van der Waals surface area contributed by atoms with Crippen molar-refractivity contribution in [2.24, 2.45) is 23.7 Å². The fourth-order valence-corrected chi connectivity index (χ4v) is 16.9. The van der Waals surface area contributed by atoms with E-state index in [0.717, 1.165) is 68.4 Å². The van der Waals surface area contributed by atoms with Gasteiger partial charge >= 0.3 is 6.18 Å². The second-order valence-electron chi connectivity index (χ2n) is 30.3. The highest BCUT2D eigenvalue weighted by atomic mass is 35.5. The minimum Gasteiger partial charge on any atom is -0.343 e. The number of piperidine rings is 1. The first kappa shape index (κ1) is 79.6. The number of likely N-dealkylation sites (N-methyl/N-ethyl adjacent to an activating group) is 6. The molecule has 4 saturated heterocycles. The summed E-state index contributed by atoms with van der Waals surface area (Å²) in [5, 5.41) is 8.25. The third kappa shape index (κ3) is 18.3. The Kier molecular flexibility index (Phi) is 27.2. The fourth-order valence-electron chi connectivity index (χ4n) is 16.6.